The molecule has 3 N–H and O–H groups in total. The van der Waals surface area contributed by atoms with Crippen LogP contribution in [0.4, 0.5) is 5.69 Å². The summed E-state index contributed by atoms with van der Waals surface area (Å²) in [5.41, 5.74) is 4.59. The molecule has 0 aromatic heterocycles. The molecule has 0 unspecified atom stereocenters. The second-order valence-corrected chi connectivity index (χ2v) is 8.02. The van der Waals surface area contributed by atoms with Gasteiger partial charge in [0.15, 0.2) is 0 Å². The van der Waals surface area contributed by atoms with Crippen molar-refractivity contribution in [2.24, 2.45) is 5.14 Å². The summed E-state index contributed by atoms with van der Waals surface area (Å²) in [5.74, 6) is -1.15. The summed E-state index contributed by atoms with van der Waals surface area (Å²) in [6.45, 7) is 4.26. The number of primary sulfonamides is 1. The minimum absolute atomic E-state index is 0. The quantitative estimate of drug-likeness (QED) is 0.755. The van der Waals surface area contributed by atoms with Crippen molar-refractivity contribution in [2.45, 2.75) is 24.9 Å². The smallest absolute Gasteiger partial charge is 0.296 e. The molecule has 4 rings (SSSR count). The maximum absolute atomic E-state index is 12.2. The number of anilines is 1. The molecule has 0 atom stereocenters. The highest BCUT2D eigenvalue weighted by Crippen LogP contribution is 2.41. The summed E-state index contributed by atoms with van der Waals surface area (Å²) in [4.78, 5) is 26.3. The first-order valence-electron chi connectivity index (χ1n) is 8.19. The van der Waals surface area contributed by atoms with E-state index < -0.39 is 21.7 Å². The average Bonchev–Trinajstić information content (AvgIpc) is 3.16. The lowest BCUT2D eigenvalue weighted by molar-refractivity contribution is -0.112. The minimum Gasteiger partial charge on any atom is -0.318 e. The number of carbonyl (C=O) groups is 2. The van der Waals surface area contributed by atoms with Gasteiger partial charge in [-0.2, -0.15) is 0 Å². The first kappa shape index (κ1) is 19.5. The topological polar surface area (TPSA) is 110 Å². The van der Waals surface area contributed by atoms with Crippen LogP contribution in [0.5, 0.6) is 0 Å². The molecule has 27 heavy (non-hydrogen) atoms. The number of nitrogens with one attached hydrogen (secondary N) is 1. The van der Waals surface area contributed by atoms with Crippen LogP contribution >= 0.6 is 12.4 Å². The van der Waals surface area contributed by atoms with Gasteiger partial charge in [-0.15, -0.1) is 12.4 Å². The molecule has 2 aromatic rings. The van der Waals surface area contributed by atoms with Gasteiger partial charge in [-0.05, 0) is 47.0 Å². The molecule has 7 nitrogen and oxygen atoms in total. The van der Waals surface area contributed by atoms with Crippen molar-refractivity contribution in [3.8, 4) is 11.1 Å². The van der Waals surface area contributed by atoms with E-state index in [1.807, 2.05) is 0 Å². The molecule has 0 aliphatic carbocycles. The third-order valence-electron chi connectivity index (χ3n) is 4.94. The van der Waals surface area contributed by atoms with Crippen LogP contribution in [0.25, 0.3) is 11.1 Å². The third-order valence-corrected chi connectivity index (χ3v) is 5.87. The Balaban J connectivity index is 0.00000210. The molecule has 9 heteroatoms. The van der Waals surface area contributed by atoms with E-state index in [1.165, 1.54) is 12.1 Å². The maximum Gasteiger partial charge on any atom is 0.296 e. The molecule has 0 saturated heterocycles. The van der Waals surface area contributed by atoms with Crippen molar-refractivity contribution in [1.82, 2.24) is 4.90 Å². The molecule has 2 aliphatic heterocycles. The number of fused-ring (bicyclic) bond motifs is 3. The number of sulfonamides is 1. The van der Waals surface area contributed by atoms with Crippen molar-refractivity contribution in [3.63, 3.8) is 0 Å². The van der Waals surface area contributed by atoms with Gasteiger partial charge in [-0.3, -0.25) is 14.5 Å². The monoisotopic (exact) mass is 407 g/mol. The number of benzene rings is 2. The predicted octanol–water partition coefficient (Wildman–Crippen LogP) is 1.89. The molecule has 142 valence electrons. The lowest BCUT2D eigenvalue weighted by atomic mass is 9.92. The Labute approximate surface area is 163 Å². The van der Waals surface area contributed by atoms with Gasteiger partial charge in [0.1, 0.15) is 0 Å². The molecule has 0 fully saturated rings. The number of hydrogen-bond donors (Lipinski definition) is 2. The Hall–Kier alpha value is -2.26. The number of nitrogens with zero attached hydrogens (tertiary/aromatic N) is 1. The van der Waals surface area contributed by atoms with Crippen LogP contribution in [0.3, 0.4) is 0 Å². The molecular weight excluding hydrogens is 390 g/mol. The van der Waals surface area contributed by atoms with Gasteiger partial charge in [0.25, 0.3) is 11.7 Å². The van der Waals surface area contributed by atoms with Gasteiger partial charge in [0.05, 0.1) is 16.1 Å². The van der Waals surface area contributed by atoms with E-state index in [9.17, 15) is 18.0 Å². The van der Waals surface area contributed by atoms with Crippen LogP contribution in [0.2, 0.25) is 0 Å². The number of carbonyl (C=O) groups excluding carboxylic acids is 2. The van der Waals surface area contributed by atoms with Crippen molar-refractivity contribution in [2.75, 3.05) is 11.9 Å². The fraction of sp³-hybridized carbons (Fsp3) is 0.222. The molecule has 1 amide bonds. The minimum atomic E-state index is -3.77. The van der Waals surface area contributed by atoms with E-state index in [1.54, 1.807) is 18.2 Å². The first-order chi connectivity index (χ1) is 12.3. The molecular formula is C18H18ClN3O4S. The number of ketones is 1. The lowest BCUT2D eigenvalue weighted by Gasteiger charge is -2.12. The number of Topliss-reactive ketones (excluding diaryl/α,β-unsaturated/α-hetero) is 1. The highest BCUT2D eigenvalue weighted by atomic mass is 35.5. The van der Waals surface area contributed by atoms with Crippen LogP contribution in [0.1, 0.15) is 28.4 Å². The van der Waals surface area contributed by atoms with Crippen molar-refractivity contribution >= 4 is 39.8 Å². The zero-order valence-corrected chi connectivity index (χ0v) is 16.1. The van der Waals surface area contributed by atoms with Gasteiger partial charge in [0, 0.05) is 13.1 Å². The SMILES string of the molecule is CCN1Cc2c(-c3ccc(S(N)(=O)=O)cc3)cc3c(c2C1)NC(=O)C3=O.Cl. The van der Waals surface area contributed by atoms with Crippen LogP contribution in [0, 0.1) is 0 Å². The fourth-order valence-electron chi connectivity index (χ4n) is 3.56. The molecule has 0 bridgehead atoms. The van der Waals surface area contributed by atoms with E-state index in [4.69, 9.17) is 5.14 Å². The molecule has 0 saturated carbocycles. The van der Waals surface area contributed by atoms with Crippen molar-refractivity contribution < 1.29 is 18.0 Å². The second kappa shape index (κ2) is 6.72. The van der Waals surface area contributed by atoms with E-state index in [0.29, 0.717) is 24.3 Å². The van der Waals surface area contributed by atoms with Crippen molar-refractivity contribution in [1.29, 1.82) is 0 Å². The number of hydrogen-bond acceptors (Lipinski definition) is 5. The highest BCUT2D eigenvalue weighted by molar-refractivity contribution is 7.89. The lowest BCUT2D eigenvalue weighted by Crippen LogP contribution is -2.15. The Morgan fingerprint density at radius 2 is 1.70 bits per heavy atom. The normalized spacial score (nSPS) is 15.9. The van der Waals surface area contributed by atoms with Gasteiger partial charge in [-0.25, -0.2) is 13.6 Å². The Bertz CT molecular complexity index is 1070. The van der Waals surface area contributed by atoms with E-state index in [0.717, 1.165) is 28.8 Å². The van der Waals surface area contributed by atoms with E-state index in [2.05, 4.69) is 17.1 Å². The largest absolute Gasteiger partial charge is 0.318 e. The maximum atomic E-state index is 12.2. The Morgan fingerprint density at radius 3 is 2.30 bits per heavy atom. The average molecular weight is 408 g/mol. The zero-order valence-electron chi connectivity index (χ0n) is 14.5. The zero-order chi connectivity index (χ0) is 18.6. The van der Waals surface area contributed by atoms with Crippen LogP contribution in [0.15, 0.2) is 35.2 Å². The van der Waals surface area contributed by atoms with Crippen LogP contribution in [-0.4, -0.2) is 31.6 Å². The molecule has 2 heterocycles. The predicted molar refractivity (Wildman–Crippen MR) is 103 cm³/mol. The summed E-state index contributed by atoms with van der Waals surface area (Å²) >= 11 is 0. The summed E-state index contributed by atoms with van der Waals surface area (Å²) in [5, 5.41) is 7.84. The molecule has 2 aliphatic rings. The second-order valence-electron chi connectivity index (χ2n) is 6.46. The number of nitrogens with two attached hydrogens (primary N) is 1. The van der Waals surface area contributed by atoms with Gasteiger partial charge in [0.2, 0.25) is 10.0 Å². The third kappa shape index (κ3) is 3.14. The number of rotatable bonds is 3. The summed E-state index contributed by atoms with van der Waals surface area (Å²) in [7, 11) is -3.77. The molecule has 0 radical (unpaired) electrons. The summed E-state index contributed by atoms with van der Waals surface area (Å²) < 4.78 is 22.9. The summed E-state index contributed by atoms with van der Waals surface area (Å²) in [6, 6.07) is 7.96. The van der Waals surface area contributed by atoms with E-state index >= 15 is 0 Å². The Kier molecular flexibility index (Phi) is 4.85. The highest BCUT2D eigenvalue weighted by Gasteiger charge is 2.35. The van der Waals surface area contributed by atoms with E-state index in [-0.39, 0.29) is 17.3 Å². The van der Waals surface area contributed by atoms with Gasteiger partial charge < -0.3 is 5.32 Å². The van der Waals surface area contributed by atoms with Crippen LogP contribution < -0.4 is 10.5 Å². The standard InChI is InChI=1S/C18H17N3O4S.ClH/c1-2-21-8-14-12(10-3-5-11(6-4-10)26(19,24)25)7-13-16(15(14)9-21)20-18(23)17(13)22;/h3-7H,2,8-9H2,1H3,(H2,19,24,25)(H,20,22,23);1H. The first-order valence-corrected chi connectivity index (χ1v) is 9.74. The molecule has 2 aromatic carbocycles. The number of halogens is 1. The summed E-state index contributed by atoms with van der Waals surface area (Å²) in [6.07, 6.45) is 0. The van der Waals surface area contributed by atoms with Crippen LogP contribution in [-0.2, 0) is 27.9 Å². The molecule has 0 spiro atoms. The van der Waals surface area contributed by atoms with Crippen molar-refractivity contribution in [3.05, 3.63) is 47.0 Å². The fourth-order valence-corrected chi connectivity index (χ4v) is 4.07. The van der Waals surface area contributed by atoms with Gasteiger partial charge in [-0.1, -0.05) is 19.1 Å². The number of amides is 1. The Morgan fingerprint density at radius 1 is 1.07 bits per heavy atom. The van der Waals surface area contributed by atoms with Gasteiger partial charge >= 0.3 is 0 Å².